The Morgan fingerprint density at radius 3 is 2.72 bits per heavy atom. The Morgan fingerprint density at radius 1 is 1.50 bits per heavy atom. The number of nitrogens with zero attached hydrogens (tertiary/aromatic N) is 1. The van der Waals surface area contributed by atoms with Gasteiger partial charge in [-0.1, -0.05) is 6.92 Å². The first kappa shape index (κ1) is 13.5. The second-order valence-electron chi connectivity index (χ2n) is 6.24. The summed E-state index contributed by atoms with van der Waals surface area (Å²) in [7, 11) is 0. The summed E-state index contributed by atoms with van der Waals surface area (Å²) in [5, 5.41) is 0. The summed E-state index contributed by atoms with van der Waals surface area (Å²) in [6.45, 7) is 8.28. The number of fused-ring (bicyclic) bond motifs is 1. The highest BCUT2D eigenvalue weighted by molar-refractivity contribution is 5.83. The standard InChI is InChI=1S/C14H23NO3/c1-5-14-7-6-11(8-10(2)16)15(14)13(3,4)9-18-12(14)17/h11H,5-9H2,1-4H3/t11-,14-/m1/s1. The van der Waals surface area contributed by atoms with Crippen molar-refractivity contribution in [2.45, 2.75) is 70.5 Å². The third-order valence-electron chi connectivity index (χ3n) is 4.41. The number of morpholine rings is 1. The summed E-state index contributed by atoms with van der Waals surface area (Å²) >= 11 is 0. The molecular formula is C14H23NO3. The molecule has 2 rings (SSSR count). The van der Waals surface area contributed by atoms with Gasteiger partial charge in [0.25, 0.3) is 0 Å². The molecule has 4 heteroatoms. The topological polar surface area (TPSA) is 46.6 Å². The van der Waals surface area contributed by atoms with Crippen LogP contribution in [-0.4, -0.2) is 40.4 Å². The van der Waals surface area contributed by atoms with Gasteiger partial charge in [0, 0.05) is 12.5 Å². The molecule has 0 aromatic rings. The van der Waals surface area contributed by atoms with Gasteiger partial charge in [0.1, 0.15) is 17.9 Å². The van der Waals surface area contributed by atoms with Gasteiger partial charge in [-0.15, -0.1) is 0 Å². The quantitative estimate of drug-likeness (QED) is 0.721. The van der Waals surface area contributed by atoms with Crippen molar-refractivity contribution in [1.29, 1.82) is 0 Å². The average molecular weight is 253 g/mol. The molecule has 0 aromatic heterocycles. The summed E-state index contributed by atoms with van der Waals surface area (Å²) in [5.74, 6) is 0.0945. The first-order valence-electron chi connectivity index (χ1n) is 6.79. The molecule has 0 amide bonds. The van der Waals surface area contributed by atoms with Crippen LogP contribution < -0.4 is 0 Å². The SMILES string of the molecule is CC[C@]12CC[C@H](CC(C)=O)N1C(C)(C)COC2=O. The molecule has 2 saturated heterocycles. The molecule has 2 atom stereocenters. The molecule has 18 heavy (non-hydrogen) atoms. The average Bonchev–Trinajstić information content (AvgIpc) is 2.65. The van der Waals surface area contributed by atoms with E-state index in [1.807, 2.05) is 6.92 Å². The van der Waals surface area contributed by atoms with Crippen LogP contribution in [0.1, 0.15) is 53.4 Å². The molecule has 2 aliphatic rings. The minimum atomic E-state index is -0.498. The van der Waals surface area contributed by atoms with Crippen LogP contribution in [-0.2, 0) is 14.3 Å². The number of esters is 1. The minimum Gasteiger partial charge on any atom is -0.462 e. The molecule has 0 aromatic carbocycles. The molecular weight excluding hydrogens is 230 g/mol. The fraction of sp³-hybridized carbons (Fsp3) is 0.857. The van der Waals surface area contributed by atoms with Gasteiger partial charge >= 0.3 is 5.97 Å². The van der Waals surface area contributed by atoms with E-state index in [1.165, 1.54) is 0 Å². The number of cyclic esters (lactones) is 1. The maximum atomic E-state index is 12.2. The molecule has 0 saturated carbocycles. The van der Waals surface area contributed by atoms with Gasteiger partial charge in [-0.05, 0) is 40.0 Å². The van der Waals surface area contributed by atoms with E-state index in [2.05, 4.69) is 18.7 Å². The zero-order chi connectivity index (χ0) is 13.6. The molecule has 2 aliphatic heterocycles. The summed E-state index contributed by atoms with van der Waals surface area (Å²) in [6.07, 6.45) is 3.01. The summed E-state index contributed by atoms with van der Waals surface area (Å²) in [4.78, 5) is 25.9. The van der Waals surface area contributed by atoms with E-state index in [0.29, 0.717) is 13.0 Å². The maximum absolute atomic E-state index is 12.2. The molecule has 2 fully saturated rings. The highest BCUT2D eigenvalue weighted by Gasteiger charge is 2.59. The van der Waals surface area contributed by atoms with Gasteiger partial charge in [0.05, 0.1) is 5.54 Å². The van der Waals surface area contributed by atoms with Gasteiger partial charge in [0.15, 0.2) is 0 Å². The van der Waals surface area contributed by atoms with Crippen LogP contribution in [0.4, 0.5) is 0 Å². The molecule has 0 aliphatic carbocycles. The monoisotopic (exact) mass is 253 g/mol. The molecule has 0 N–H and O–H groups in total. The van der Waals surface area contributed by atoms with Crippen LogP contribution in [0.2, 0.25) is 0 Å². The van der Waals surface area contributed by atoms with E-state index in [0.717, 1.165) is 19.3 Å². The first-order valence-corrected chi connectivity index (χ1v) is 6.79. The van der Waals surface area contributed by atoms with E-state index in [-0.39, 0.29) is 23.3 Å². The predicted octanol–water partition coefficient (Wildman–Crippen LogP) is 1.91. The predicted molar refractivity (Wildman–Crippen MR) is 68.2 cm³/mol. The van der Waals surface area contributed by atoms with Gasteiger partial charge in [0.2, 0.25) is 0 Å². The zero-order valence-electron chi connectivity index (χ0n) is 11.8. The Balaban J connectivity index is 2.37. The molecule has 0 unspecified atom stereocenters. The van der Waals surface area contributed by atoms with Crippen molar-refractivity contribution in [3.63, 3.8) is 0 Å². The van der Waals surface area contributed by atoms with Crippen LogP contribution >= 0.6 is 0 Å². The Morgan fingerprint density at radius 2 is 2.17 bits per heavy atom. The van der Waals surface area contributed by atoms with Crippen molar-refractivity contribution in [3.05, 3.63) is 0 Å². The number of rotatable bonds is 3. The lowest BCUT2D eigenvalue weighted by atomic mass is 9.86. The largest absolute Gasteiger partial charge is 0.462 e. The van der Waals surface area contributed by atoms with E-state index in [9.17, 15) is 9.59 Å². The van der Waals surface area contributed by atoms with E-state index in [1.54, 1.807) is 6.92 Å². The van der Waals surface area contributed by atoms with Gasteiger partial charge < -0.3 is 4.74 Å². The maximum Gasteiger partial charge on any atom is 0.326 e. The number of Topliss-reactive ketones (excluding diaryl/α,β-unsaturated/α-hetero) is 1. The van der Waals surface area contributed by atoms with E-state index in [4.69, 9.17) is 4.74 Å². The van der Waals surface area contributed by atoms with Crippen LogP contribution in [0.3, 0.4) is 0 Å². The first-order chi connectivity index (χ1) is 8.33. The van der Waals surface area contributed by atoms with Crippen molar-refractivity contribution in [3.8, 4) is 0 Å². The Kier molecular flexibility index (Phi) is 3.26. The zero-order valence-corrected chi connectivity index (χ0v) is 11.8. The highest BCUT2D eigenvalue weighted by atomic mass is 16.5. The van der Waals surface area contributed by atoms with Gasteiger partial charge in [-0.3, -0.25) is 14.5 Å². The second-order valence-corrected chi connectivity index (χ2v) is 6.24. The third kappa shape index (κ3) is 1.87. The van der Waals surface area contributed by atoms with Crippen molar-refractivity contribution in [2.24, 2.45) is 0 Å². The lowest BCUT2D eigenvalue weighted by Crippen LogP contribution is -2.67. The smallest absolute Gasteiger partial charge is 0.326 e. The van der Waals surface area contributed by atoms with Crippen molar-refractivity contribution in [2.75, 3.05) is 6.61 Å². The van der Waals surface area contributed by atoms with Crippen molar-refractivity contribution < 1.29 is 14.3 Å². The van der Waals surface area contributed by atoms with E-state index >= 15 is 0 Å². The minimum absolute atomic E-state index is 0.102. The number of hydrogen-bond acceptors (Lipinski definition) is 4. The summed E-state index contributed by atoms with van der Waals surface area (Å²) in [6, 6.07) is 0.185. The highest BCUT2D eigenvalue weighted by Crippen LogP contribution is 2.46. The number of hydrogen-bond donors (Lipinski definition) is 0. The molecule has 0 spiro atoms. The van der Waals surface area contributed by atoms with Gasteiger partial charge in [-0.2, -0.15) is 0 Å². The number of ketones is 1. The fourth-order valence-electron chi connectivity index (χ4n) is 3.74. The molecule has 102 valence electrons. The van der Waals surface area contributed by atoms with Crippen LogP contribution in [0.25, 0.3) is 0 Å². The number of carbonyl (C=O) groups excluding carboxylic acids is 2. The van der Waals surface area contributed by atoms with E-state index < -0.39 is 5.54 Å². The second kappa shape index (κ2) is 4.34. The van der Waals surface area contributed by atoms with Crippen molar-refractivity contribution in [1.82, 2.24) is 4.90 Å². The third-order valence-corrected chi connectivity index (χ3v) is 4.41. The molecule has 0 radical (unpaired) electrons. The summed E-state index contributed by atoms with van der Waals surface area (Å²) < 4.78 is 5.39. The Bertz CT molecular complexity index is 377. The number of carbonyl (C=O) groups is 2. The molecule has 0 bridgehead atoms. The number of ether oxygens (including phenoxy) is 1. The van der Waals surface area contributed by atoms with Crippen LogP contribution in [0, 0.1) is 0 Å². The lowest BCUT2D eigenvalue weighted by molar-refractivity contribution is -0.184. The van der Waals surface area contributed by atoms with Crippen LogP contribution in [0.5, 0.6) is 0 Å². The molecule has 4 nitrogen and oxygen atoms in total. The Labute approximate surface area is 109 Å². The normalized spacial score (nSPS) is 35.1. The van der Waals surface area contributed by atoms with Crippen molar-refractivity contribution >= 4 is 11.8 Å². The van der Waals surface area contributed by atoms with Gasteiger partial charge in [-0.25, -0.2) is 0 Å². The van der Waals surface area contributed by atoms with Crippen LogP contribution in [0.15, 0.2) is 0 Å². The fourth-order valence-corrected chi connectivity index (χ4v) is 3.74. The summed E-state index contributed by atoms with van der Waals surface area (Å²) in [5.41, 5.74) is -0.678. The lowest BCUT2D eigenvalue weighted by Gasteiger charge is -2.51. The Hall–Kier alpha value is -0.900. The molecule has 2 heterocycles.